The lowest BCUT2D eigenvalue weighted by molar-refractivity contribution is 0.141. The maximum absolute atomic E-state index is 5.81. The Labute approximate surface area is 84.8 Å². The van der Waals surface area contributed by atoms with Gasteiger partial charge in [-0.15, -0.1) is 0 Å². The molecule has 14 heavy (non-hydrogen) atoms. The summed E-state index contributed by atoms with van der Waals surface area (Å²) in [4.78, 5) is 0. The molecule has 2 rings (SSSR count). The normalized spacial score (nSPS) is 21.1. The van der Waals surface area contributed by atoms with Gasteiger partial charge in [0.25, 0.3) is 0 Å². The van der Waals surface area contributed by atoms with Crippen LogP contribution in [0.4, 0.5) is 0 Å². The first kappa shape index (κ1) is 9.53. The van der Waals surface area contributed by atoms with Gasteiger partial charge in [0.05, 0.1) is 13.2 Å². The van der Waals surface area contributed by atoms with E-state index in [0.29, 0.717) is 0 Å². The van der Waals surface area contributed by atoms with Crippen LogP contribution in [0.25, 0.3) is 0 Å². The summed E-state index contributed by atoms with van der Waals surface area (Å²) in [5, 5.41) is 0. The Hall–Kier alpha value is -1.02. The average Bonchev–Trinajstić information content (AvgIpc) is 2.54. The van der Waals surface area contributed by atoms with Gasteiger partial charge in [-0.3, -0.25) is 0 Å². The summed E-state index contributed by atoms with van der Waals surface area (Å²) in [6.45, 7) is 5.73. The predicted molar refractivity (Wildman–Crippen MR) is 55.8 cm³/mol. The molecular weight excluding hydrogens is 176 g/mol. The highest BCUT2D eigenvalue weighted by molar-refractivity contribution is 5.33. The highest BCUT2D eigenvalue weighted by atomic mass is 16.5. The topological polar surface area (TPSA) is 18.5 Å². The summed E-state index contributed by atoms with van der Waals surface area (Å²) in [6, 6.07) is 6.30. The Morgan fingerprint density at radius 3 is 2.50 bits per heavy atom. The Kier molecular flexibility index (Phi) is 2.73. The second-order valence-corrected chi connectivity index (χ2v) is 3.93. The zero-order chi connectivity index (χ0) is 9.97. The molecule has 2 nitrogen and oxygen atoms in total. The number of hydrogen-bond acceptors (Lipinski definition) is 2. The molecule has 0 spiro atoms. The van der Waals surface area contributed by atoms with Gasteiger partial charge in [-0.1, -0.05) is 6.07 Å². The average molecular weight is 192 g/mol. The third-order valence-electron chi connectivity index (χ3n) is 2.39. The van der Waals surface area contributed by atoms with Crippen LogP contribution < -0.4 is 4.74 Å². The van der Waals surface area contributed by atoms with Crippen molar-refractivity contribution in [3.63, 3.8) is 0 Å². The van der Waals surface area contributed by atoms with Crippen LogP contribution in [0.15, 0.2) is 18.2 Å². The summed E-state index contributed by atoms with van der Waals surface area (Å²) in [7, 11) is 0. The molecule has 0 aliphatic carbocycles. The first-order valence-electron chi connectivity index (χ1n) is 5.07. The van der Waals surface area contributed by atoms with Crippen molar-refractivity contribution in [1.82, 2.24) is 0 Å². The molecule has 1 aromatic carbocycles. The fraction of sp³-hybridized carbons (Fsp3) is 0.500. The smallest absolute Gasteiger partial charge is 0.124 e. The molecule has 1 fully saturated rings. The molecule has 1 saturated heterocycles. The molecule has 1 atom stereocenters. The number of benzene rings is 1. The van der Waals surface area contributed by atoms with Crippen molar-refractivity contribution in [2.75, 3.05) is 13.2 Å². The third-order valence-corrected chi connectivity index (χ3v) is 2.39. The van der Waals surface area contributed by atoms with E-state index in [-0.39, 0.29) is 6.10 Å². The zero-order valence-corrected chi connectivity index (χ0v) is 8.75. The van der Waals surface area contributed by atoms with Crippen molar-refractivity contribution in [2.45, 2.75) is 26.4 Å². The van der Waals surface area contributed by atoms with Crippen LogP contribution in [-0.2, 0) is 4.74 Å². The van der Waals surface area contributed by atoms with E-state index >= 15 is 0 Å². The van der Waals surface area contributed by atoms with Crippen LogP contribution in [0.1, 0.15) is 17.5 Å². The van der Waals surface area contributed by atoms with E-state index in [1.54, 1.807) is 0 Å². The van der Waals surface area contributed by atoms with Crippen molar-refractivity contribution < 1.29 is 9.47 Å². The molecule has 0 aromatic heterocycles. The monoisotopic (exact) mass is 192 g/mol. The van der Waals surface area contributed by atoms with Gasteiger partial charge in [0.2, 0.25) is 0 Å². The summed E-state index contributed by atoms with van der Waals surface area (Å²) in [5.41, 5.74) is 2.50. The first-order chi connectivity index (χ1) is 6.74. The highest BCUT2D eigenvalue weighted by Crippen LogP contribution is 2.20. The van der Waals surface area contributed by atoms with E-state index in [4.69, 9.17) is 9.47 Å². The number of ether oxygens (including phenoxy) is 2. The van der Waals surface area contributed by atoms with Gasteiger partial charge in [0.1, 0.15) is 11.9 Å². The molecule has 1 aliphatic rings. The molecular formula is C12H16O2. The summed E-state index contributed by atoms with van der Waals surface area (Å²) >= 11 is 0. The van der Waals surface area contributed by atoms with Gasteiger partial charge in [-0.2, -0.15) is 0 Å². The molecule has 0 N–H and O–H groups in total. The second-order valence-electron chi connectivity index (χ2n) is 3.93. The van der Waals surface area contributed by atoms with Gasteiger partial charge in [0.15, 0.2) is 0 Å². The molecule has 0 saturated carbocycles. The van der Waals surface area contributed by atoms with E-state index in [1.807, 2.05) is 0 Å². The van der Waals surface area contributed by atoms with Gasteiger partial charge in [-0.25, -0.2) is 0 Å². The maximum atomic E-state index is 5.81. The van der Waals surface area contributed by atoms with Crippen molar-refractivity contribution >= 4 is 0 Å². The SMILES string of the molecule is Cc1cc(C)cc(O[C@H]2CCOC2)c1. The Morgan fingerprint density at radius 1 is 1.21 bits per heavy atom. The number of hydrogen-bond donors (Lipinski definition) is 0. The lowest BCUT2D eigenvalue weighted by Crippen LogP contribution is -2.15. The van der Waals surface area contributed by atoms with Crippen LogP contribution in [-0.4, -0.2) is 19.3 Å². The minimum absolute atomic E-state index is 0.246. The minimum atomic E-state index is 0.246. The van der Waals surface area contributed by atoms with E-state index < -0.39 is 0 Å². The lowest BCUT2D eigenvalue weighted by Gasteiger charge is -2.12. The molecule has 76 valence electrons. The molecule has 0 unspecified atom stereocenters. The molecule has 2 heteroatoms. The van der Waals surface area contributed by atoms with Crippen LogP contribution in [0.3, 0.4) is 0 Å². The van der Waals surface area contributed by atoms with Crippen molar-refractivity contribution in [3.05, 3.63) is 29.3 Å². The van der Waals surface area contributed by atoms with Crippen LogP contribution in [0, 0.1) is 13.8 Å². The molecule has 0 radical (unpaired) electrons. The molecule has 1 aromatic rings. The van der Waals surface area contributed by atoms with E-state index in [0.717, 1.165) is 25.4 Å². The quantitative estimate of drug-likeness (QED) is 0.716. The number of aryl methyl sites for hydroxylation is 2. The Bertz CT molecular complexity index is 294. The fourth-order valence-corrected chi connectivity index (χ4v) is 1.80. The summed E-state index contributed by atoms with van der Waals surface area (Å²) in [6.07, 6.45) is 1.25. The third kappa shape index (κ3) is 2.26. The van der Waals surface area contributed by atoms with Crippen molar-refractivity contribution in [3.8, 4) is 5.75 Å². The summed E-state index contributed by atoms with van der Waals surface area (Å²) < 4.78 is 11.1. The van der Waals surface area contributed by atoms with Gasteiger partial charge in [-0.05, 0) is 37.1 Å². The second kappa shape index (κ2) is 4.01. The fourth-order valence-electron chi connectivity index (χ4n) is 1.80. The van der Waals surface area contributed by atoms with Gasteiger partial charge < -0.3 is 9.47 Å². The van der Waals surface area contributed by atoms with Crippen molar-refractivity contribution in [2.24, 2.45) is 0 Å². The zero-order valence-electron chi connectivity index (χ0n) is 8.75. The van der Waals surface area contributed by atoms with E-state index in [1.165, 1.54) is 11.1 Å². The molecule has 0 bridgehead atoms. The molecule has 0 amide bonds. The highest BCUT2D eigenvalue weighted by Gasteiger charge is 2.17. The van der Waals surface area contributed by atoms with E-state index in [9.17, 15) is 0 Å². The largest absolute Gasteiger partial charge is 0.488 e. The number of rotatable bonds is 2. The molecule has 1 heterocycles. The first-order valence-corrected chi connectivity index (χ1v) is 5.07. The van der Waals surface area contributed by atoms with Gasteiger partial charge >= 0.3 is 0 Å². The minimum Gasteiger partial charge on any atom is -0.488 e. The van der Waals surface area contributed by atoms with Gasteiger partial charge in [0, 0.05) is 6.42 Å². The van der Waals surface area contributed by atoms with Crippen LogP contribution in [0.2, 0.25) is 0 Å². The van der Waals surface area contributed by atoms with E-state index in [2.05, 4.69) is 32.0 Å². The van der Waals surface area contributed by atoms with Crippen LogP contribution >= 0.6 is 0 Å². The standard InChI is InChI=1S/C12H16O2/c1-9-5-10(2)7-12(6-9)14-11-3-4-13-8-11/h5-7,11H,3-4,8H2,1-2H3/t11-/m0/s1. The summed E-state index contributed by atoms with van der Waals surface area (Å²) in [5.74, 6) is 0.970. The Morgan fingerprint density at radius 2 is 1.93 bits per heavy atom. The maximum Gasteiger partial charge on any atom is 0.124 e. The lowest BCUT2D eigenvalue weighted by atomic mass is 10.1. The van der Waals surface area contributed by atoms with Crippen molar-refractivity contribution in [1.29, 1.82) is 0 Å². The molecule has 1 aliphatic heterocycles. The van der Waals surface area contributed by atoms with Crippen LogP contribution in [0.5, 0.6) is 5.75 Å². The predicted octanol–water partition coefficient (Wildman–Crippen LogP) is 2.47. The Balaban J connectivity index is 2.07.